The van der Waals surface area contributed by atoms with Crippen LogP contribution < -0.4 is 10.2 Å². The van der Waals surface area contributed by atoms with Crippen molar-refractivity contribution in [2.24, 2.45) is 0 Å². The van der Waals surface area contributed by atoms with E-state index in [0.717, 1.165) is 63.6 Å². The van der Waals surface area contributed by atoms with Gasteiger partial charge in [0.1, 0.15) is 12.1 Å². The number of aromatic nitrogens is 2. The number of hydrogen-bond acceptors (Lipinski definition) is 6. The molecule has 1 N–H and O–H groups in total. The standard InChI is InChI=1S/C19H29N5O2/c25-19(11-16-13-20-5-10-26-16)24-8-3-15(4-9-24)17-12-18(22-14-21-17)23-6-1-2-7-23/h12,14-16,20H,1-11,13H2/t16-/m0/s1. The Kier molecular flexibility index (Phi) is 5.65. The molecule has 0 bridgehead atoms. The number of rotatable bonds is 4. The second-order valence-corrected chi connectivity index (χ2v) is 7.55. The summed E-state index contributed by atoms with van der Waals surface area (Å²) in [5.74, 6) is 1.71. The van der Waals surface area contributed by atoms with Crippen molar-refractivity contribution in [3.63, 3.8) is 0 Å². The minimum atomic E-state index is 0.0267. The summed E-state index contributed by atoms with van der Waals surface area (Å²) in [6.45, 7) is 6.19. The molecular formula is C19H29N5O2. The molecule has 3 aliphatic rings. The van der Waals surface area contributed by atoms with Crippen molar-refractivity contribution in [3.8, 4) is 0 Å². The number of carbonyl (C=O) groups excluding carboxylic acids is 1. The highest BCUT2D eigenvalue weighted by atomic mass is 16.5. The van der Waals surface area contributed by atoms with Gasteiger partial charge in [-0.2, -0.15) is 0 Å². The molecule has 7 heteroatoms. The fraction of sp³-hybridized carbons (Fsp3) is 0.737. The molecule has 1 aromatic rings. The fourth-order valence-electron chi connectivity index (χ4n) is 4.20. The number of nitrogens with zero attached hydrogens (tertiary/aromatic N) is 4. The zero-order chi connectivity index (χ0) is 17.8. The van der Waals surface area contributed by atoms with Crippen LogP contribution in [-0.2, 0) is 9.53 Å². The van der Waals surface area contributed by atoms with E-state index in [-0.39, 0.29) is 12.0 Å². The third-order valence-corrected chi connectivity index (χ3v) is 5.78. The predicted molar refractivity (Wildman–Crippen MR) is 99.3 cm³/mol. The summed E-state index contributed by atoms with van der Waals surface area (Å²) in [6, 6.07) is 2.16. The number of piperidine rings is 1. The first-order chi connectivity index (χ1) is 12.8. The van der Waals surface area contributed by atoms with Crippen LogP contribution in [0.4, 0.5) is 5.82 Å². The van der Waals surface area contributed by atoms with E-state index in [1.54, 1.807) is 6.33 Å². The zero-order valence-electron chi connectivity index (χ0n) is 15.4. The topological polar surface area (TPSA) is 70.6 Å². The van der Waals surface area contributed by atoms with Crippen LogP contribution in [0.2, 0.25) is 0 Å². The summed E-state index contributed by atoms with van der Waals surface area (Å²) < 4.78 is 5.66. The van der Waals surface area contributed by atoms with Crippen LogP contribution >= 0.6 is 0 Å². The summed E-state index contributed by atoms with van der Waals surface area (Å²) in [6.07, 6.45) is 6.68. The molecule has 4 rings (SSSR count). The number of morpholine rings is 1. The van der Waals surface area contributed by atoms with Crippen molar-refractivity contribution < 1.29 is 9.53 Å². The van der Waals surface area contributed by atoms with Crippen molar-refractivity contribution in [3.05, 3.63) is 18.1 Å². The Morgan fingerprint density at radius 3 is 2.73 bits per heavy atom. The van der Waals surface area contributed by atoms with Crippen molar-refractivity contribution in [2.45, 2.75) is 44.1 Å². The molecule has 26 heavy (non-hydrogen) atoms. The molecule has 4 heterocycles. The van der Waals surface area contributed by atoms with Gasteiger partial charge >= 0.3 is 0 Å². The number of amides is 1. The highest BCUT2D eigenvalue weighted by molar-refractivity contribution is 5.76. The third-order valence-electron chi connectivity index (χ3n) is 5.78. The van der Waals surface area contributed by atoms with Gasteiger partial charge < -0.3 is 19.9 Å². The normalized spacial score (nSPS) is 24.8. The fourth-order valence-corrected chi connectivity index (χ4v) is 4.20. The minimum absolute atomic E-state index is 0.0267. The number of ether oxygens (including phenoxy) is 1. The number of nitrogens with one attached hydrogen (secondary N) is 1. The van der Waals surface area contributed by atoms with Crippen molar-refractivity contribution in [1.29, 1.82) is 0 Å². The lowest BCUT2D eigenvalue weighted by molar-refractivity contribution is -0.135. The summed E-state index contributed by atoms with van der Waals surface area (Å²) in [5, 5.41) is 3.29. The van der Waals surface area contributed by atoms with Crippen molar-refractivity contribution in [2.75, 3.05) is 50.8 Å². The molecule has 3 aliphatic heterocycles. The first kappa shape index (κ1) is 17.7. The van der Waals surface area contributed by atoms with Crippen LogP contribution in [0.25, 0.3) is 0 Å². The second-order valence-electron chi connectivity index (χ2n) is 7.55. The third kappa shape index (κ3) is 4.15. The predicted octanol–water partition coefficient (Wildman–Crippen LogP) is 1.16. The van der Waals surface area contributed by atoms with E-state index in [4.69, 9.17) is 4.74 Å². The van der Waals surface area contributed by atoms with E-state index in [2.05, 4.69) is 26.3 Å². The van der Waals surface area contributed by atoms with Gasteiger partial charge in [0.2, 0.25) is 5.91 Å². The molecule has 3 fully saturated rings. The van der Waals surface area contributed by atoms with Crippen LogP contribution in [-0.4, -0.2) is 72.8 Å². The Morgan fingerprint density at radius 1 is 1.19 bits per heavy atom. The Labute approximate surface area is 155 Å². The smallest absolute Gasteiger partial charge is 0.225 e. The Bertz CT molecular complexity index is 606. The lowest BCUT2D eigenvalue weighted by Crippen LogP contribution is -2.44. The maximum Gasteiger partial charge on any atom is 0.225 e. The molecule has 0 radical (unpaired) electrons. The SMILES string of the molecule is O=C(C[C@H]1CNCCO1)N1CCC(c2cc(N3CCCC3)ncn2)CC1. The summed E-state index contributed by atoms with van der Waals surface area (Å²) in [5.41, 5.74) is 1.13. The van der Waals surface area contributed by atoms with Gasteiger partial charge in [-0.15, -0.1) is 0 Å². The molecule has 0 saturated carbocycles. The van der Waals surface area contributed by atoms with E-state index in [1.807, 2.05) is 4.90 Å². The van der Waals surface area contributed by atoms with Crippen molar-refractivity contribution in [1.82, 2.24) is 20.2 Å². The van der Waals surface area contributed by atoms with Gasteiger partial charge in [-0.3, -0.25) is 4.79 Å². The molecule has 0 aromatic carbocycles. The average Bonchev–Trinajstić information content (AvgIpc) is 3.24. The first-order valence-electron chi connectivity index (χ1n) is 9.96. The lowest BCUT2D eigenvalue weighted by Gasteiger charge is -2.33. The van der Waals surface area contributed by atoms with Crippen LogP contribution in [0.3, 0.4) is 0 Å². The van der Waals surface area contributed by atoms with Gasteiger partial charge in [0.05, 0.1) is 19.1 Å². The number of carbonyl (C=O) groups is 1. The molecule has 1 amide bonds. The second kappa shape index (κ2) is 8.31. The number of likely N-dealkylation sites (tertiary alicyclic amines) is 1. The summed E-state index contributed by atoms with van der Waals surface area (Å²) >= 11 is 0. The van der Waals surface area contributed by atoms with E-state index in [9.17, 15) is 4.79 Å². The molecule has 1 aromatic heterocycles. The molecule has 1 atom stereocenters. The number of anilines is 1. The maximum atomic E-state index is 12.5. The molecule has 7 nitrogen and oxygen atoms in total. The van der Waals surface area contributed by atoms with E-state index in [1.165, 1.54) is 12.8 Å². The van der Waals surface area contributed by atoms with Crippen molar-refractivity contribution >= 4 is 11.7 Å². The maximum absolute atomic E-state index is 12.5. The molecule has 3 saturated heterocycles. The minimum Gasteiger partial charge on any atom is -0.375 e. The van der Waals surface area contributed by atoms with Crippen LogP contribution in [0.1, 0.15) is 43.7 Å². The Balaban J connectivity index is 1.30. The van der Waals surface area contributed by atoms with Crippen LogP contribution in [0.5, 0.6) is 0 Å². The average molecular weight is 359 g/mol. The molecule has 0 spiro atoms. The molecule has 0 unspecified atom stereocenters. The number of hydrogen-bond donors (Lipinski definition) is 1. The largest absolute Gasteiger partial charge is 0.375 e. The van der Waals surface area contributed by atoms with Gasteiger partial charge in [-0.1, -0.05) is 0 Å². The first-order valence-corrected chi connectivity index (χ1v) is 9.96. The van der Waals surface area contributed by atoms with E-state index in [0.29, 0.717) is 18.9 Å². The van der Waals surface area contributed by atoms with Gasteiger partial charge in [-0.25, -0.2) is 9.97 Å². The van der Waals surface area contributed by atoms with Gasteiger partial charge in [0.25, 0.3) is 0 Å². The van der Waals surface area contributed by atoms with Gasteiger partial charge in [0, 0.05) is 56.9 Å². The summed E-state index contributed by atoms with van der Waals surface area (Å²) in [4.78, 5) is 25.9. The van der Waals surface area contributed by atoms with Crippen LogP contribution in [0.15, 0.2) is 12.4 Å². The highest BCUT2D eigenvalue weighted by Crippen LogP contribution is 2.29. The quantitative estimate of drug-likeness (QED) is 0.870. The monoisotopic (exact) mass is 359 g/mol. The van der Waals surface area contributed by atoms with E-state index < -0.39 is 0 Å². The zero-order valence-corrected chi connectivity index (χ0v) is 15.4. The van der Waals surface area contributed by atoms with Crippen LogP contribution in [0, 0.1) is 0 Å². The highest BCUT2D eigenvalue weighted by Gasteiger charge is 2.27. The molecule has 0 aliphatic carbocycles. The van der Waals surface area contributed by atoms with Gasteiger partial charge in [-0.05, 0) is 25.7 Å². The van der Waals surface area contributed by atoms with E-state index >= 15 is 0 Å². The molecular weight excluding hydrogens is 330 g/mol. The molecule has 142 valence electrons. The summed E-state index contributed by atoms with van der Waals surface area (Å²) in [7, 11) is 0. The Hall–Kier alpha value is -1.73. The Morgan fingerprint density at radius 2 is 2.00 bits per heavy atom. The van der Waals surface area contributed by atoms with Gasteiger partial charge in [0.15, 0.2) is 0 Å². The lowest BCUT2D eigenvalue weighted by atomic mass is 9.93.